The number of unbranched alkanes of at least 4 members (excludes halogenated alkanes) is 6. The molecule has 2 aromatic rings. The molecule has 134 valence electrons. The third-order valence-corrected chi connectivity index (χ3v) is 4.67. The molecule has 0 spiro atoms. The number of carbonyl (C=O) groups excluding carboxylic acids is 1. The van der Waals surface area contributed by atoms with Crippen molar-refractivity contribution in [3.8, 4) is 11.1 Å². The number of ether oxygens (including phenoxy) is 1. The summed E-state index contributed by atoms with van der Waals surface area (Å²) >= 11 is 0. The van der Waals surface area contributed by atoms with Gasteiger partial charge < -0.3 is 4.74 Å². The molecule has 0 aliphatic heterocycles. The molecule has 0 aliphatic rings. The summed E-state index contributed by atoms with van der Waals surface area (Å²) in [5.74, 6) is -0.289. The predicted octanol–water partition coefficient (Wildman–Crippen LogP) is 6.43. The molecule has 0 amide bonds. The van der Waals surface area contributed by atoms with E-state index in [1.165, 1.54) is 57.6 Å². The van der Waals surface area contributed by atoms with Crippen molar-refractivity contribution >= 4 is 5.97 Å². The van der Waals surface area contributed by atoms with Gasteiger partial charge in [-0.05, 0) is 35.6 Å². The fourth-order valence-corrected chi connectivity index (χ4v) is 3.16. The van der Waals surface area contributed by atoms with E-state index in [0.717, 1.165) is 17.5 Å². The fraction of sp³-hybridized carbons (Fsp3) is 0.435. The topological polar surface area (TPSA) is 26.3 Å². The second-order valence-corrected chi connectivity index (χ2v) is 6.61. The van der Waals surface area contributed by atoms with Gasteiger partial charge in [0.25, 0.3) is 0 Å². The highest BCUT2D eigenvalue weighted by atomic mass is 16.5. The van der Waals surface area contributed by atoms with Crippen molar-refractivity contribution in [2.75, 3.05) is 7.11 Å². The highest BCUT2D eigenvalue weighted by Crippen LogP contribution is 2.25. The Morgan fingerprint density at radius 2 is 1.48 bits per heavy atom. The predicted molar refractivity (Wildman–Crippen MR) is 105 cm³/mol. The lowest BCUT2D eigenvalue weighted by molar-refractivity contribution is 0.0601. The zero-order chi connectivity index (χ0) is 17.9. The zero-order valence-electron chi connectivity index (χ0n) is 15.6. The van der Waals surface area contributed by atoms with Gasteiger partial charge in [0.1, 0.15) is 0 Å². The Bertz CT molecular complexity index is 643. The number of methoxy groups -OCH3 is 1. The summed E-state index contributed by atoms with van der Waals surface area (Å²) < 4.78 is 4.88. The van der Waals surface area contributed by atoms with Crippen LogP contribution in [0.25, 0.3) is 11.1 Å². The van der Waals surface area contributed by atoms with E-state index in [4.69, 9.17) is 4.74 Å². The molecular formula is C23H30O2. The average Bonchev–Trinajstić information content (AvgIpc) is 2.67. The van der Waals surface area contributed by atoms with Crippen molar-refractivity contribution in [1.82, 2.24) is 0 Å². The summed E-state index contributed by atoms with van der Waals surface area (Å²) in [6.07, 6.45) is 10.5. The third kappa shape index (κ3) is 6.04. The van der Waals surface area contributed by atoms with Gasteiger partial charge >= 0.3 is 5.97 Å². The number of esters is 1. The number of hydrogen-bond acceptors (Lipinski definition) is 2. The second-order valence-electron chi connectivity index (χ2n) is 6.61. The SMILES string of the molecule is CCCCCCCCCc1ccc(-c2ccccc2C(=O)OC)cc1. The van der Waals surface area contributed by atoms with E-state index < -0.39 is 0 Å². The first-order valence-corrected chi connectivity index (χ1v) is 9.53. The first-order valence-electron chi connectivity index (χ1n) is 9.53. The first-order chi connectivity index (χ1) is 12.3. The maximum atomic E-state index is 11.9. The van der Waals surface area contributed by atoms with Crippen LogP contribution in [-0.2, 0) is 11.2 Å². The molecule has 0 aromatic heterocycles. The summed E-state index contributed by atoms with van der Waals surface area (Å²) in [6.45, 7) is 2.26. The van der Waals surface area contributed by atoms with Gasteiger partial charge in [0.05, 0.1) is 12.7 Å². The number of aryl methyl sites for hydroxylation is 1. The minimum absolute atomic E-state index is 0.289. The summed E-state index contributed by atoms with van der Waals surface area (Å²) in [6, 6.07) is 16.2. The number of hydrogen-bond donors (Lipinski definition) is 0. The second kappa shape index (κ2) is 10.7. The van der Waals surface area contributed by atoms with Crippen LogP contribution in [0, 0.1) is 0 Å². The van der Waals surface area contributed by atoms with E-state index in [1.54, 1.807) is 0 Å². The average molecular weight is 338 g/mol. The Hall–Kier alpha value is -2.09. The van der Waals surface area contributed by atoms with Crippen LogP contribution in [0.5, 0.6) is 0 Å². The lowest BCUT2D eigenvalue weighted by atomic mass is 9.97. The molecule has 0 radical (unpaired) electrons. The Kier molecular flexibility index (Phi) is 8.24. The Morgan fingerprint density at radius 3 is 2.16 bits per heavy atom. The Morgan fingerprint density at radius 1 is 0.840 bits per heavy atom. The molecule has 0 saturated heterocycles. The van der Waals surface area contributed by atoms with Crippen molar-refractivity contribution in [2.24, 2.45) is 0 Å². The molecule has 0 aliphatic carbocycles. The van der Waals surface area contributed by atoms with Gasteiger partial charge in [-0.2, -0.15) is 0 Å². The van der Waals surface area contributed by atoms with Gasteiger partial charge in [0.2, 0.25) is 0 Å². The fourth-order valence-electron chi connectivity index (χ4n) is 3.16. The van der Waals surface area contributed by atoms with E-state index in [1.807, 2.05) is 24.3 Å². The third-order valence-electron chi connectivity index (χ3n) is 4.67. The van der Waals surface area contributed by atoms with Crippen LogP contribution < -0.4 is 0 Å². The van der Waals surface area contributed by atoms with Crippen molar-refractivity contribution in [3.05, 3.63) is 59.7 Å². The van der Waals surface area contributed by atoms with Crippen LogP contribution in [-0.4, -0.2) is 13.1 Å². The van der Waals surface area contributed by atoms with E-state index in [2.05, 4.69) is 31.2 Å². The summed E-state index contributed by atoms with van der Waals surface area (Å²) in [5.41, 5.74) is 3.97. The minimum Gasteiger partial charge on any atom is -0.465 e. The maximum absolute atomic E-state index is 11.9. The van der Waals surface area contributed by atoms with Crippen molar-refractivity contribution in [1.29, 1.82) is 0 Å². The quantitative estimate of drug-likeness (QED) is 0.368. The molecular weight excluding hydrogens is 308 g/mol. The van der Waals surface area contributed by atoms with Crippen LogP contribution in [0.4, 0.5) is 0 Å². The molecule has 2 nitrogen and oxygen atoms in total. The largest absolute Gasteiger partial charge is 0.465 e. The van der Waals surface area contributed by atoms with Crippen molar-refractivity contribution < 1.29 is 9.53 Å². The molecule has 0 saturated carbocycles. The van der Waals surface area contributed by atoms with Gasteiger partial charge in [0, 0.05) is 0 Å². The minimum atomic E-state index is -0.289. The van der Waals surface area contributed by atoms with Crippen LogP contribution >= 0.6 is 0 Å². The summed E-state index contributed by atoms with van der Waals surface area (Å²) in [7, 11) is 1.42. The van der Waals surface area contributed by atoms with Gasteiger partial charge in [-0.3, -0.25) is 0 Å². The Labute approximate surface area is 152 Å². The van der Waals surface area contributed by atoms with Crippen LogP contribution in [0.2, 0.25) is 0 Å². The van der Waals surface area contributed by atoms with E-state index in [9.17, 15) is 4.79 Å². The lowest BCUT2D eigenvalue weighted by Gasteiger charge is -2.09. The molecule has 0 N–H and O–H groups in total. The van der Waals surface area contributed by atoms with E-state index >= 15 is 0 Å². The summed E-state index contributed by atoms with van der Waals surface area (Å²) in [5, 5.41) is 0. The molecule has 2 aromatic carbocycles. The van der Waals surface area contributed by atoms with Crippen molar-refractivity contribution in [2.45, 2.75) is 58.3 Å². The van der Waals surface area contributed by atoms with Gasteiger partial charge in [-0.1, -0.05) is 87.9 Å². The van der Waals surface area contributed by atoms with Crippen LogP contribution in [0.1, 0.15) is 67.8 Å². The maximum Gasteiger partial charge on any atom is 0.338 e. The van der Waals surface area contributed by atoms with Gasteiger partial charge in [-0.15, -0.1) is 0 Å². The molecule has 2 heteroatoms. The highest BCUT2D eigenvalue weighted by Gasteiger charge is 2.12. The molecule has 0 heterocycles. The Balaban J connectivity index is 1.89. The van der Waals surface area contributed by atoms with Gasteiger partial charge in [0.15, 0.2) is 0 Å². The molecule has 0 bridgehead atoms. The molecule has 25 heavy (non-hydrogen) atoms. The molecule has 0 atom stereocenters. The normalized spacial score (nSPS) is 10.6. The highest BCUT2D eigenvalue weighted by molar-refractivity contribution is 5.97. The standard InChI is InChI=1S/C23H30O2/c1-3-4-5-6-7-8-9-12-19-15-17-20(18-16-19)21-13-10-11-14-22(21)23(24)25-2/h10-11,13-18H,3-9,12H2,1-2H3. The molecule has 2 rings (SSSR count). The lowest BCUT2D eigenvalue weighted by Crippen LogP contribution is -2.03. The van der Waals surface area contributed by atoms with E-state index in [-0.39, 0.29) is 5.97 Å². The van der Waals surface area contributed by atoms with Crippen molar-refractivity contribution in [3.63, 3.8) is 0 Å². The van der Waals surface area contributed by atoms with Crippen LogP contribution in [0.15, 0.2) is 48.5 Å². The molecule has 0 fully saturated rings. The summed E-state index contributed by atoms with van der Waals surface area (Å²) in [4.78, 5) is 11.9. The van der Waals surface area contributed by atoms with E-state index in [0.29, 0.717) is 5.56 Å². The first kappa shape index (κ1) is 19.2. The molecule has 0 unspecified atom stereocenters. The zero-order valence-corrected chi connectivity index (χ0v) is 15.6. The smallest absolute Gasteiger partial charge is 0.338 e. The number of benzene rings is 2. The number of rotatable bonds is 10. The monoisotopic (exact) mass is 338 g/mol. The van der Waals surface area contributed by atoms with Gasteiger partial charge in [-0.25, -0.2) is 4.79 Å². The number of carbonyl (C=O) groups is 1. The van der Waals surface area contributed by atoms with Crippen LogP contribution in [0.3, 0.4) is 0 Å².